The summed E-state index contributed by atoms with van der Waals surface area (Å²) in [6, 6.07) is 16.5. The maximum Gasteiger partial charge on any atom is 0.330 e. The number of carbonyl (C=O) groups excluding carboxylic acids is 1. The highest BCUT2D eigenvalue weighted by molar-refractivity contribution is 7.93. The number of carbonyl (C=O) groups is 1. The molecule has 0 aliphatic rings. The van der Waals surface area contributed by atoms with Crippen LogP contribution in [0.15, 0.2) is 69.9 Å². The van der Waals surface area contributed by atoms with Crippen molar-refractivity contribution >= 4 is 27.5 Å². The second kappa shape index (κ2) is 9.18. The minimum Gasteiger partial charge on any atom is -0.463 e. The van der Waals surface area contributed by atoms with E-state index < -0.39 is 15.7 Å². The first-order chi connectivity index (χ1) is 12.0. The SMILES string of the molecule is CCCCOC(=O)/C=C/c1ccccc1S(C)(=O)=Nc1ccccc1. The van der Waals surface area contributed by atoms with Crippen LogP contribution >= 0.6 is 0 Å². The molecule has 4 nitrogen and oxygen atoms in total. The molecule has 0 bridgehead atoms. The molecule has 5 heteroatoms. The van der Waals surface area contributed by atoms with Gasteiger partial charge in [0, 0.05) is 12.3 Å². The largest absolute Gasteiger partial charge is 0.463 e. The van der Waals surface area contributed by atoms with Gasteiger partial charge in [0.05, 0.1) is 26.9 Å². The lowest BCUT2D eigenvalue weighted by Crippen LogP contribution is -2.03. The van der Waals surface area contributed by atoms with Crippen molar-refractivity contribution in [1.82, 2.24) is 0 Å². The summed E-state index contributed by atoms with van der Waals surface area (Å²) in [7, 11) is -2.64. The van der Waals surface area contributed by atoms with Crippen molar-refractivity contribution in [3.63, 3.8) is 0 Å². The van der Waals surface area contributed by atoms with E-state index in [0.29, 0.717) is 22.8 Å². The van der Waals surface area contributed by atoms with Gasteiger partial charge in [-0.25, -0.2) is 9.00 Å². The van der Waals surface area contributed by atoms with Gasteiger partial charge in [0.1, 0.15) is 0 Å². The van der Waals surface area contributed by atoms with Crippen LogP contribution in [-0.2, 0) is 19.3 Å². The molecule has 0 aliphatic heterocycles. The Morgan fingerprint density at radius 1 is 1.12 bits per heavy atom. The van der Waals surface area contributed by atoms with Gasteiger partial charge in [-0.15, -0.1) is 0 Å². The van der Waals surface area contributed by atoms with Gasteiger partial charge in [0.25, 0.3) is 0 Å². The molecule has 0 radical (unpaired) electrons. The van der Waals surface area contributed by atoms with E-state index in [4.69, 9.17) is 4.74 Å². The third-order valence-electron chi connectivity index (χ3n) is 3.50. The molecule has 2 rings (SSSR count). The van der Waals surface area contributed by atoms with Crippen molar-refractivity contribution in [2.75, 3.05) is 12.9 Å². The summed E-state index contributed by atoms with van der Waals surface area (Å²) < 4.78 is 22.6. The van der Waals surface area contributed by atoms with E-state index in [2.05, 4.69) is 4.36 Å². The predicted molar refractivity (Wildman–Crippen MR) is 102 cm³/mol. The zero-order valence-corrected chi connectivity index (χ0v) is 15.4. The predicted octanol–water partition coefficient (Wildman–Crippen LogP) is 4.83. The van der Waals surface area contributed by atoms with E-state index >= 15 is 0 Å². The van der Waals surface area contributed by atoms with Crippen molar-refractivity contribution in [1.29, 1.82) is 0 Å². The molecule has 0 heterocycles. The highest BCUT2D eigenvalue weighted by atomic mass is 32.2. The summed E-state index contributed by atoms with van der Waals surface area (Å²) in [5, 5.41) is 0. The van der Waals surface area contributed by atoms with Crippen LogP contribution in [0.3, 0.4) is 0 Å². The Morgan fingerprint density at radius 3 is 2.52 bits per heavy atom. The third-order valence-corrected chi connectivity index (χ3v) is 5.25. The van der Waals surface area contributed by atoms with Gasteiger partial charge in [0.15, 0.2) is 0 Å². The monoisotopic (exact) mass is 357 g/mol. The average molecular weight is 357 g/mol. The van der Waals surface area contributed by atoms with Crippen molar-refractivity contribution in [3.8, 4) is 0 Å². The smallest absolute Gasteiger partial charge is 0.330 e. The lowest BCUT2D eigenvalue weighted by Gasteiger charge is -2.08. The molecule has 0 N–H and O–H groups in total. The van der Waals surface area contributed by atoms with E-state index in [9.17, 15) is 9.00 Å². The molecule has 2 aromatic rings. The minimum absolute atomic E-state index is 0.397. The summed E-state index contributed by atoms with van der Waals surface area (Å²) in [5.41, 5.74) is 1.36. The fourth-order valence-electron chi connectivity index (χ4n) is 2.23. The highest BCUT2D eigenvalue weighted by Gasteiger charge is 2.10. The third kappa shape index (κ3) is 5.87. The molecular formula is C20H23NO3S. The number of esters is 1. The highest BCUT2D eigenvalue weighted by Crippen LogP contribution is 2.23. The molecule has 0 saturated carbocycles. The number of nitrogens with zero attached hydrogens (tertiary/aromatic N) is 1. The molecule has 0 amide bonds. The molecule has 0 aliphatic carbocycles. The van der Waals surface area contributed by atoms with Crippen molar-refractivity contribution in [3.05, 3.63) is 66.2 Å². The summed E-state index contributed by atoms with van der Waals surface area (Å²) in [5.74, 6) is -0.397. The van der Waals surface area contributed by atoms with Crippen LogP contribution in [0.4, 0.5) is 5.69 Å². The number of hydrogen-bond donors (Lipinski definition) is 0. The summed E-state index contributed by atoms with van der Waals surface area (Å²) in [6.07, 6.45) is 6.42. The summed E-state index contributed by atoms with van der Waals surface area (Å²) in [4.78, 5) is 12.3. The second-order valence-corrected chi connectivity index (χ2v) is 7.85. The van der Waals surface area contributed by atoms with Crippen molar-refractivity contribution in [2.24, 2.45) is 4.36 Å². The van der Waals surface area contributed by atoms with Crippen LogP contribution < -0.4 is 0 Å². The van der Waals surface area contributed by atoms with Gasteiger partial charge in [-0.2, -0.15) is 4.36 Å². The zero-order valence-electron chi connectivity index (χ0n) is 14.6. The van der Waals surface area contributed by atoms with Gasteiger partial charge in [0.2, 0.25) is 0 Å². The Labute approximate surface area is 149 Å². The molecule has 2 aromatic carbocycles. The number of hydrogen-bond acceptors (Lipinski definition) is 4. The van der Waals surface area contributed by atoms with Crippen LogP contribution in [-0.4, -0.2) is 23.0 Å². The Bertz CT molecular complexity index is 850. The summed E-state index contributed by atoms with van der Waals surface area (Å²) in [6.45, 7) is 2.45. The lowest BCUT2D eigenvalue weighted by molar-refractivity contribution is -0.137. The van der Waals surface area contributed by atoms with Crippen LogP contribution in [0.1, 0.15) is 25.3 Å². The molecule has 0 fully saturated rings. The average Bonchev–Trinajstić information content (AvgIpc) is 2.61. The van der Waals surface area contributed by atoms with Gasteiger partial charge in [-0.1, -0.05) is 49.7 Å². The molecule has 25 heavy (non-hydrogen) atoms. The van der Waals surface area contributed by atoms with Gasteiger partial charge in [-0.05, 0) is 36.3 Å². The number of unbranched alkanes of at least 4 members (excludes halogenated alkanes) is 1. The van der Waals surface area contributed by atoms with Crippen molar-refractivity contribution in [2.45, 2.75) is 24.7 Å². The first-order valence-corrected chi connectivity index (χ1v) is 10.2. The quantitative estimate of drug-likeness (QED) is 0.405. The topological polar surface area (TPSA) is 55.7 Å². The fourth-order valence-corrected chi connectivity index (χ4v) is 3.75. The van der Waals surface area contributed by atoms with Gasteiger partial charge < -0.3 is 4.74 Å². The maximum absolute atomic E-state index is 13.1. The van der Waals surface area contributed by atoms with E-state index in [1.807, 2.05) is 55.5 Å². The van der Waals surface area contributed by atoms with E-state index in [0.717, 1.165) is 12.8 Å². The summed E-state index contributed by atoms with van der Waals surface area (Å²) >= 11 is 0. The van der Waals surface area contributed by atoms with E-state index in [1.54, 1.807) is 18.4 Å². The minimum atomic E-state index is -2.64. The van der Waals surface area contributed by atoms with Crippen molar-refractivity contribution < 1.29 is 13.7 Å². The molecule has 1 atom stereocenters. The first-order valence-electron chi connectivity index (χ1n) is 8.24. The zero-order chi connectivity index (χ0) is 18.1. The van der Waals surface area contributed by atoms with Gasteiger partial charge in [-0.3, -0.25) is 0 Å². The molecule has 0 saturated heterocycles. The maximum atomic E-state index is 13.1. The van der Waals surface area contributed by atoms with Crippen LogP contribution in [0.25, 0.3) is 6.08 Å². The Hall–Kier alpha value is -2.40. The van der Waals surface area contributed by atoms with E-state index in [-0.39, 0.29) is 0 Å². The van der Waals surface area contributed by atoms with Crippen LogP contribution in [0, 0.1) is 0 Å². The molecule has 0 aromatic heterocycles. The fraction of sp³-hybridized carbons (Fsp3) is 0.250. The number of rotatable bonds is 7. The molecular weight excluding hydrogens is 334 g/mol. The van der Waals surface area contributed by atoms with Crippen LogP contribution in [0.2, 0.25) is 0 Å². The lowest BCUT2D eigenvalue weighted by atomic mass is 10.2. The number of benzene rings is 2. The Balaban J connectivity index is 2.27. The molecule has 132 valence electrons. The second-order valence-electron chi connectivity index (χ2n) is 5.62. The first kappa shape index (κ1) is 18.9. The number of ether oxygens (including phenoxy) is 1. The normalized spacial score (nSPS) is 13.4. The Morgan fingerprint density at radius 2 is 1.80 bits per heavy atom. The van der Waals surface area contributed by atoms with Gasteiger partial charge >= 0.3 is 5.97 Å². The molecule has 1 unspecified atom stereocenters. The standard InChI is InChI=1S/C20H23NO3S/c1-3-4-16-24-20(22)15-14-17-10-8-9-13-19(17)25(2,23)21-18-11-6-5-7-12-18/h5-15H,3-4,16H2,1-2H3/b15-14+. The Kier molecular flexibility index (Phi) is 6.95. The molecule has 0 spiro atoms. The van der Waals surface area contributed by atoms with Crippen LogP contribution in [0.5, 0.6) is 0 Å². The van der Waals surface area contributed by atoms with E-state index in [1.165, 1.54) is 6.08 Å².